The predicted molar refractivity (Wildman–Crippen MR) is 67.9 cm³/mol. The summed E-state index contributed by atoms with van der Waals surface area (Å²) < 4.78 is 0. The van der Waals surface area contributed by atoms with Crippen molar-refractivity contribution in [1.82, 2.24) is 4.98 Å². The van der Waals surface area contributed by atoms with E-state index >= 15 is 0 Å². The molecule has 1 heterocycles. The van der Waals surface area contributed by atoms with E-state index in [1.54, 1.807) is 0 Å². The first-order valence-corrected chi connectivity index (χ1v) is 6.98. The number of aryl methyl sites for hydroxylation is 1. The van der Waals surface area contributed by atoms with Gasteiger partial charge in [0.05, 0.1) is 6.10 Å². The number of aromatic nitrogens is 1. The highest BCUT2D eigenvalue weighted by molar-refractivity contribution is 5.27. The van der Waals surface area contributed by atoms with E-state index in [1.807, 2.05) is 12.3 Å². The summed E-state index contributed by atoms with van der Waals surface area (Å²) in [6.45, 7) is 0. The molecule has 1 aromatic heterocycles. The standard InChI is InChI=1S/C15H21NO/c17-14-9-2-1-7-12(14)13-8-3-5-11-6-4-10-16-15(11)13/h4,6,10,12-14,17H,1-3,5,7-9H2. The van der Waals surface area contributed by atoms with Gasteiger partial charge in [-0.15, -0.1) is 0 Å². The molecule has 2 aliphatic rings. The average molecular weight is 231 g/mol. The van der Waals surface area contributed by atoms with Crippen LogP contribution >= 0.6 is 0 Å². The van der Waals surface area contributed by atoms with Crippen LogP contribution in [-0.2, 0) is 6.42 Å². The summed E-state index contributed by atoms with van der Waals surface area (Å²) in [5.41, 5.74) is 2.70. The van der Waals surface area contributed by atoms with Gasteiger partial charge in [0.15, 0.2) is 0 Å². The van der Waals surface area contributed by atoms with Gasteiger partial charge < -0.3 is 5.11 Å². The van der Waals surface area contributed by atoms with Gasteiger partial charge >= 0.3 is 0 Å². The Labute approximate surface area is 103 Å². The maximum Gasteiger partial charge on any atom is 0.0574 e. The van der Waals surface area contributed by atoms with E-state index in [9.17, 15) is 5.11 Å². The summed E-state index contributed by atoms with van der Waals surface area (Å²) in [7, 11) is 0. The van der Waals surface area contributed by atoms with Crippen LogP contribution in [-0.4, -0.2) is 16.2 Å². The van der Waals surface area contributed by atoms with Crippen molar-refractivity contribution in [3.05, 3.63) is 29.6 Å². The first-order valence-electron chi connectivity index (χ1n) is 6.98. The molecule has 0 amide bonds. The molecule has 0 saturated heterocycles. The van der Waals surface area contributed by atoms with Gasteiger partial charge in [0, 0.05) is 17.8 Å². The van der Waals surface area contributed by atoms with Gasteiger partial charge in [0.25, 0.3) is 0 Å². The summed E-state index contributed by atoms with van der Waals surface area (Å²) in [6.07, 6.45) is 10.1. The molecule has 2 nitrogen and oxygen atoms in total. The van der Waals surface area contributed by atoms with Crippen molar-refractivity contribution in [2.75, 3.05) is 0 Å². The number of rotatable bonds is 1. The third-order valence-corrected chi connectivity index (χ3v) is 4.54. The lowest BCUT2D eigenvalue weighted by atomic mass is 9.71. The molecule has 3 rings (SSSR count). The van der Waals surface area contributed by atoms with Crippen molar-refractivity contribution in [3.8, 4) is 0 Å². The van der Waals surface area contributed by atoms with Gasteiger partial charge in [-0.2, -0.15) is 0 Å². The molecule has 2 heteroatoms. The topological polar surface area (TPSA) is 33.1 Å². The number of hydrogen-bond acceptors (Lipinski definition) is 2. The fourth-order valence-corrected chi connectivity index (χ4v) is 3.67. The van der Waals surface area contributed by atoms with Crippen molar-refractivity contribution in [2.45, 2.75) is 57.0 Å². The quantitative estimate of drug-likeness (QED) is 0.806. The molecule has 3 unspecified atom stereocenters. The third-order valence-electron chi connectivity index (χ3n) is 4.54. The Bertz CT molecular complexity index is 390. The summed E-state index contributed by atoms with van der Waals surface area (Å²) in [4.78, 5) is 4.60. The average Bonchev–Trinajstić information content (AvgIpc) is 2.39. The zero-order valence-corrected chi connectivity index (χ0v) is 10.3. The molecule has 3 atom stereocenters. The van der Waals surface area contributed by atoms with Crippen LogP contribution in [0.25, 0.3) is 0 Å². The molecular formula is C15H21NO. The molecule has 1 saturated carbocycles. The summed E-state index contributed by atoms with van der Waals surface area (Å²) in [6, 6.07) is 4.25. The van der Waals surface area contributed by atoms with Gasteiger partial charge in [-0.1, -0.05) is 18.9 Å². The lowest BCUT2D eigenvalue weighted by molar-refractivity contribution is 0.0504. The molecule has 92 valence electrons. The van der Waals surface area contributed by atoms with E-state index < -0.39 is 0 Å². The van der Waals surface area contributed by atoms with Crippen LogP contribution < -0.4 is 0 Å². The normalized spacial score (nSPS) is 33.1. The molecule has 0 spiro atoms. The summed E-state index contributed by atoms with van der Waals surface area (Å²) >= 11 is 0. The van der Waals surface area contributed by atoms with E-state index in [2.05, 4.69) is 11.1 Å². The minimum Gasteiger partial charge on any atom is -0.393 e. The molecule has 17 heavy (non-hydrogen) atoms. The monoisotopic (exact) mass is 231 g/mol. The number of hydrogen-bond donors (Lipinski definition) is 1. The number of fused-ring (bicyclic) bond motifs is 1. The Balaban J connectivity index is 1.89. The lowest BCUT2D eigenvalue weighted by Crippen LogP contribution is -2.32. The van der Waals surface area contributed by atoms with Crippen LogP contribution in [0.1, 0.15) is 55.7 Å². The van der Waals surface area contributed by atoms with E-state index in [1.165, 1.54) is 49.8 Å². The Kier molecular flexibility index (Phi) is 3.15. The van der Waals surface area contributed by atoms with Crippen molar-refractivity contribution in [3.63, 3.8) is 0 Å². The molecule has 1 N–H and O–H groups in total. The minimum absolute atomic E-state index is 0.0956. The van der Waals surface area contributed by atoms with Crippen molar-refractivity contribution in [2.24, 2.45) is 5.92 Å². The second kappa shape index (κ2) is 4.77. The largest absolute Gasteiger partial charge is 0.393 e. The van der Waals surface area contributed by atoms with Gasteiger partial charge in [0.1, 0.15) is 0 Å². The van der Waals surface area contributed by atoms with E-state index in [0.717, 1.165) is 6.42 Å². The van der Waals surface area contributed by atoms with Crippen molar-refractivity contribution >= 4 is 0 Å². The molecular weight excluding hydrogens is 210 g/mol. The maximum atomic E-state index is 10.2. The Hall–Kier alpha value is -0.890. The van der Waals surface area contributed by atoms with Crippen LogP contribution in [0.3, 0.4) is 0 Å². The highest BCUT2D eigenvalue weighted by Crippen LogP contribution is 2.42. The minimum atomic E-state index is -0.0956. The first-order chi connectivity index (χ1) is 8.36. The smallest absolute Gasteiger partial charge is 0.0574 e. The number of aliphatic hydroxyl groups is 1. The second-order valence-electron chi connectivity index (χ2n) is 5.56. The number of pyridine rings is 1. The number of nitrogens with zero attached hydrogens (tertiary/aromatic N) is 1. The SMILES string of the molecule is OC1CCCCC1C1CCCc2cccnc21. The van der Waals surface area contributed by atoms with Crippen LogP contribution in [0.5, 0.6) is 0 Å². The van der Waals surface area contributed by atoms with Gasteiger partial charge in [-0.05, 0) is 49.7 Å². The summed E-state index contributed by atoms with van der Waals surface area (Å²) in [5, 5.41) is 10.2. The Morgan fingerprint density at radius 1 is 1.12 bits per heavy atom. The van der Waals surface area contributed by atoms with Gasteiger partial charge in [-0.3, -0.25) is 4.98 Å². The fourth-order valence-electron chi connectivity index (χ4n) is 3.67. The van der Waals surface area contributed by atoms with Crippen LogP contribution in [0.2, 0.25) is 0 Å². The maximum absolute atomic E-state index is 10.2. The lowest BCUT2D eigenvalue weighted by Gasteiger charge is -2.36. The Morgan fingerprint density at radius 3 is 2.88 bits per heavy atom. The molecule has 0 bridgehead atoms. The molecule has 1 fully saturated rings. The third kappa shape index (κ3) is 2.11. The van der Waals surface area contributed by atoms with E-state index in [4.69, 9.17) is 0 Å². The molecule has 2 aliphatic carbocycles. The predicted octanol–water partition coefficient (Wildman–Crippen LogP) is 3.05. The Morgan fingerprint density at radius 2 is 2.00 bits per heavy atom. The highest BCUT2D eigenvalue weighted by atomic mass is 16.3. The van der Waals surface area contributed by atoms with Crippen LogP contribution in [0, 0.1) is 5.92 Å². The highest BCUT2D eigenvalue weighted by Gasteiger charge is 2.34. The molecule has 0 aliphatic heterocycles. The van der Waals surface area contributed by atoms with Crippen LogP contribution in [0.4, 0.5) is 0 Å². The van der Waals surface area contributed by atoms with Crippen molar-refractivity contribution < 1.29 is 5.11 Å². The molecule has 1 aromatic rings. The summed E-state index contributed by atoms with van der Waals surface area (Å²) in [5.74, 6) is 0.966. The van der Waals surface area contributed by atoms with E-state index in [-0.39, 0.29) is 6.10 Å². The van der Waals surface area contributed by atoms with Crippen molar-refractivity contribution in [1.29, 1.82) is 0 Å². The molecule has 0 radical (unpaired) electrons. The van der Waals surface area contributed by atoms with Gasteiger partial charge in [0.2, 0.25) is 0 Å². The first kappa shape index (κ1) is 11.2. The van der Waals surface area contributed by atoms with Crippen LogP contribution in [0.15, 0.2) is 18.3 Å². The zero-order chi connectivity index (χ0) is 11.7. The van der Waals surface area contributed by atoms with Gasteiger partial charge in [-0.25, -0.2) is 0 Å². The zero-order valence-electron chi connectivity index (χ0n) is 10.3. The molecule has 0 aromatic carbocycles. The second-order valence-corrected chi connectivity index (χ2v) is 5.56. The fraction of sp³-hybridized carbons (Fsp3) is 0.667. The number of aliphatic hydroxyl groups excluding tert-OH is 1. The van der Waals surface area contributed by atoms with E-state index in [0.29, 0.717) is 11.8 Å².